The van der Waals surface area contributed by atoms with E-state index in [-0.39, 0.29) is 0 Å². The van der Waals surface area contributed by atoms with Crippen molar-refractivity contribution < 1.29 is 19.4 Å². The molecule has 3 rings (SSSR count). The quantitative estimate of drug-likeness (QED) is 0.814. The highest BCUT2D eigenvalue weighted by atomic mass is 16.6. The monoisotopic (exact) mass is 340 g/mol. The fourth-order valence-corrected chi connectivity index (χ4v) is 3.14. The van der Waals surface area contributed by atoms with Crippen LogP contribution in [0.1, 0.15) is 41.8 Å². The Labute approximate surface area is 148 Å². The number of benzene rings is 2. The molecule has 0 aromatic heterocycles. The molecule has 2 aromatic rings. The van der Waals surface area contributed by atoms with Crippen molar-refractivity contribution in [2.24, 2.45) is 5.92 Å². The standard InChI is InChI=1S/C21H24O4/c1-14(2)11-17(22)19-12-16-9-6-10-18(20(16)21(23)25-19)24-13-15-7-4-3-5-8-15/h3-10,14,17,19,22H,11-13H2,1-2H3/t17-,19+/m1/s1. The Morgan fingerprint density at radius 2 is 1.92 bits per heavy atom. The van der Waals surface area contributed by atoms with E-state index in [4.69, 9.17) is 9.47 Å². The van der Waals surface area contributed by atoms with Gasteiger partial charge in [0.25, 0.3) is 0 Å². The molecule has 25 heavy (non-hydrogen) atoms. The number of aliphatic hydroxyl groups is 1. The van der Waals surface area contributed by atoms with Crippen LogP contribution in [-0.2, 0) is 17.8 Å². The second-order valence-corrected chi connectivity index (χ2v) is 6.91. The molecule has 0 bridgehead atoms. The van der Waals surface area contributed by atoms with Crippen LogP contribution in [0.15, 0.2) is 48.5 Å². The summed E-state index contributed by atoms with van der Waals surface area (Å²) in [6.45, 7) is 4.47. The third-order valence-electron chi connectivity index (χ3n) is 4.38. The van der Waals surface area contributed by atoms with Gasteiger partial charge in [0, 0.05) is 6.42 Å². The molecule has 0 radical (unpaired) electrons. The molecule has 0 spiro atoms. The highest BCUT2D eigenvalue weighted by Gasteiger charge is 2.33. The molecule has 1 heterocycles. The number of cyclic esters (lactones) is 1. The van der Waals surface area contributed by atoms with E-state index < -0.39 is 18.2 Å². The van der Waals surface area contributed by atoms with Gasteiger partial charge < -0.3 is 14.6 Å². The number of rotatable bonds is 6. The van der Waals surface area contributed by atoms with Gasteiger partial charge in [-0.05, 0) is 29.5 Å². The molecule has 0 saturated carbocycles. The Hall–Kier alpha value is -2.33. The SMILES string of the molecule is CC(C)C[C@@H](O)[C@@H]1Cc2cccc(OCc3ccccc3)c2C(=O)O1. The van der Waals surface area contributed by atoms with Crippen molar-refractivity contribution in [3.05, 3.63) is 65.2 Å². The number of carbonyl (C=O) groups excluding carboxylic acids is 1. The molecule has 2 atom stereocenters. The molecule has 0 aliphatic carbocycles. The van der Waals surface area contributed by atoms with E-state index in [1.165, 1.54) is 0 Å². The average molecular weight is 340 g/mol. The maximum absolute atomic E-state index is 12.5. The zero-order valence-electron chi connectivity index (χ0n) is 14.6. The van der Waals surface area contributed by atoms with Crippen molar-refractivity contribution in [1.82, 2.24) is 0 Å². The van der Waals surface area contributed by atoms with Crippen molar-refractivity contribution >= 4 is 5.97 Å². The van der Waals surface area contributed by atoms with Crippen LogP contribution in [0.4, 0.5) is 0 Å². The number of hydrogen-bond acceptors (Lipinski definition) is 4. The normalized spacial score (nSPS) is 17.8. The van der Waals surface area contributed by atoms with E-state index >= 15 is 0 Å². The Bertz CT molecular complexity index is 724. The van der Waals surface area contributed by atoms with Crippen LogP contribution in [0.25, 0.3) is 0 Å². The van der Waals surface area contributed by atoms with E-state index in [9.17, 15) is 9.90 Å². The van der Waals surface area contributed by atoms with Gasteiger partial charge in [-0.3, -0.25) is 0 Å². The third-order valence-corrected chi connectivity index (χ3v) is 4.38. The Balaban J connectivity index is 1.76. The van der Waals surface area contributed by atoms with Gasteiger partial charge in [0.15, 0.2) is 0 Å². The summed E-state index contributed by atoms with van der Waals surface area (Å²) in [5, 5.41) is 10.3. The van der Waals surface area contributed by atoms with E-state index in [1.54, 1.807) is 6.07 Å². The lowest BCUT2D eigenvalue weighted by atomic mass is 9.92. The zero-order chi connectivity index (χ0) is 17.8. The average Bonchev–Trinajstić information content (AvgIpc) is 2.60. The second kappa shape index (κ2) is 7.70. The molecular formula is C21H24O4. The summed E-state index contributed by atoms with van der Waals surface area (Å²) in [5.74, 6) is 0.455. The van der Waals surface area contributed by atoms with E-state index in [0.29, 0.717) is 36.7 Å². The summed E-state index contributed by atoms with van der Waals surface area (Å²) in [4.78, 5) is 12.5. The van der Waals surface area contributed by atoms with Crippen LogP contribution in [0.2, 0.25) is 0 Å². The molecule has 4 heteroatoms. The molecule has 0 unspecified atom stereocenters. The Kier molecular flexibility index (Phi) is 5.39. The van der Waals surface area contributed by atoms with Crippen LogP contribution in [0, 0.1) is 5.92 Å². The maximum atomic E-state index is 12.5. The fraction of sp³-hybridized carbons (Fsp3) is 0.381. The van der Waals surface area contributed by atoms with Crippen LogP contribution < -0.4 is 4.74 Å². The first-order valence-electron chi connectivity index (χ1n) is 8.72. The lowest BCUT2D eigenvalue weighted by molar-refractivity contribution is -0.0294. The van der Waals surface area contributed by atoms with Gasteiger partial charge in [0.05, 0.1) is 6.10 Å². The first-order valence-corrected chi connectivity index (χ1v) is 8.72. The van der Waals surface area contributed by atoms with Gasteiger partial charge in [0.1, 0.15) is 24.0 Å². The van der Waals surface area contributed by atoms with Gasteiger partial charge in [-0.15, -0.1) is 0 Å². The number of fused-ring (bicyclic) bond motifs is 1. The minimum Gasteiger partial charge on any atom is -0.488 e. The van der Waals surface area contributed by atoms with Crippen molar-refractivity contribution in [3.8, 4) is 5.75 Å². The van der Waals surface area contributed by atoms with Crippen LogP contribution in [0.3, 0.4) is 0 Å². The summed E-state index contributed by atoms with van der Waals surface area (Å²) in [6, 6.07) is 15.4. The molecule has 0 fully saturated rings. The number of aliphatic hydroxyl groups excluding tert-OH is 1. The minimum atomic E-state index is -0.647. The number of esters is 1. The molecule has 1 N–H and O–H groups in total. The van der Waals surface area contributed by atoms with Gasteiger partial charge >= 0.3 is 5.97 Å². The predicted molar refractivity (Wildman–Crippen MR) is 95.6 cm³/mol. The number of ether oxygens (including phenoxy) is 2. The predicted octanol–water partition coefficient (Wildman–Crippen LogP) is 3.75. The summed E-state index contributed by atoms with van der Waals surface area (Å²) in [5.41, 5.74) is 2.38. The van der Waals surface area contributed by atoms with Crippen molar-refractivity contribution in [3.63, 3.8) is 0 Å². The van der Waals surface area contributed by atoms with Crippen LogP contribution >= 0.6 is 0 Å². The summed E-state index contributed by atoms with van der Waals surface area (Å²) >= 11 is 0. The van der Waals surface area contributed by atoms with Gasteiger partial charge in [-0.2, -0.15) is 0 Å². The largest absolute Gasteiger partial charge is 0.488 e. The molecule has 4 nitrogen and oxygen atoms in total. The zero-order valence-corrected chi connectivity index (χ0v) is 14.6. The van der Waals surface area contributed by atoms with Crippen LogP contribution in [-0.4, -0.2) is 23.3 Å². The van der Waals surface area contributed by atoms with Crippen molar-refractivity contribution in [1.29, 1.82) is 0 Å². The van der Waals surface area contributed by atoms with E-state index in [0.717, 1.165) is 11.1 Å². The number of hydrogen-bond donors (Lipinski definition) is 1. The molecule has 132 valence electrons. The highest BCUT2D eigenvalue weighted by Crippen LogP contribution is 2.31. The Morgan fingerprint density at radius 1 is 1.16 bits per heavy atom. The Morgan fingerprint density at radius 3 is 2.64 bits per heavy atom. The topological polar surface area (TPSA) is 55.8 Å². The molecule has 1 aliphatic heterocycles. The fourth-order valence-electron chi connectivity index (χ4n) is 3.14. The third kappa shape index (κ3) is 4.20. The van der Waals surface area contributed by atoms with Gasteiger partial charge in [-0.1, -0.05) is 56.3 Å². The first-order chi connectivity index (χ1) is 12.0. The molecule has 0 amide bonds. The first kappa shape index (κ1) is 17.5. The van der Waals surface area contributed by atoms with E-state index in [2.05, 4.69) is 0 Å². The van der Waals surface area contributed by atoms with Crippen LogP contribution in [0.5, 0.6) is 5.75 Å². The molecule has 0 saturated heterocycles. The molecular weight excluding hydrogens is 316 g/mol. The second-order valence-electron chi connectivity index (χ2n) is 6.91. The van der Waals surface area contributed by atoms with Gasteiger partial charge in [-0.25, -0.2) is 4.79 Å². The lowest BCUT2D eigenvalue weighted by Crippen LogP contribution is -2.38. The van der Waals surface area contributed by atoms with Crippen molar-refractivity contribution in [2.45, 2.75) is 45.5 Å². The highest BCUT2D eigenvalue weighted by molar-refractivity contribution is 5.95. The number of carbonyl (C=O) groups is 1. The summed E-state index contributed by atoms with van der Waals surface area (Å²) < 4.78 is 11.4. The van der Waals surface area contributed by atoms with Crippen molar-refractivity contribution in [2.75, 3.05) is 0 Å². The smallest absolute Gasteiger partial charge is 0.342 e. The minimum absolute atomic E-state index is 0.343. The molecule has 2 aromatic carbocycles. The van der Waals surface area contributed by atoms with E-state index in [1.807, 2.05) is 56.3 Å². The molecule has 1 aliphatic rings. The van der Waals surface area contributed by atoms with Gasteiger partial charge in [0.2, 0.25) is 0 Å². The maximum Gasteiger partial charge on any atom is 0.342 e. The summed E-state index contributed by atoms with van der Waals surface area (Å²) in [7, 11) is 0. The lowest BCUT2D eigenvalue weighted by Gasteiger charge is -2.30. The summed E-state index contributed by atoms with van der Waals surface area (Å²) in [6.07, 6.45) is -0.0209.